The standard InChI is InChI=1S/C26H30N4O4/c1-2-24(30(16-5-17-31)26(33)34-18-19-12-14-28-15-13-19)20-8-10-21(11-9-20)25(32)29-23-7-4-3-6-22(23)27/h3-4,6-15,24,31H,2,5,16-18,27H2,1H3,(H,29,32)/t24-/m0/s1. The van der Waals surface area contributed by atoms with Crippen LogP contribution in [0.15, 0.2) is 73.1 Å². The summed E-state index contributed by atoms with van der Waals surface area (Å²) in [5.41, 5.74) is 9.14. The van der Waals surface area contributed by atoms with Gasteiger partial charge in [0.15, 0.2) is 0 Å². The molecule has 3 aromatic rings. The molecule has 0 fully saturated rings. The molecule has 2 amide bonds. The molecule has 0 aliphatic carbocycles. The summed E-state index contributed by atoms with van der Waals surface area (Å²) >= 11 is 0. The molecule has 1 heterocycles. The summed E-state index contributed by atoms with van der Waals surface area (Å²) < 4.78 is 5.53. The number of pyridine rings is 1. The fraction of sp³-hybridized carbons (Fsp3) is 0.269. The molecule has 0 spiro atoms. The number of aliphatic hydroxyl groups excluding tert-OH is 1. The van der Waals surface area contributed by atoms with Crippen LogP contribution in [0.2, 0.25) is 0 Å². The zero-order valence-corrected chi connectivity index (χ0v) is 19.2. The Bertz CT molecular complexity index is 1070. The predicted octanol–water partition coefficient (Wildman–Crippen LogP) is 4.39. The van der Waals surface area contributed by atoms with Gasteiger partial charge in [-0.2, -0.15) is 0 Å². The van der Waals surface area contributed by atoms with Crippen molar-refractivity contribution in [2.24, 2.45) is 0 Å². The van der Waals surface area contributed by atoms with Crippen molar-refractivity contribution < 1.29 is 19.4 Å². The summed E-state index contributed by atoms with van der Waals surface area (Å²) in [7, 11) is 0. The number of para-hydroxylation sites is 2. The predicted molar refractivity (Wildman–Crippen MR) is 131 cm³/mol. The Labute approximate surface area is 199 Å². The third-order valence-electron chi connectivity index (χ3n) is 5.43. The lowest BCUT2D eigenvalue weighted by Gasteiger charge is -2.31. The second-order valence-corrected chi connectivity index (χ2v) is 7.77. The van der Waals surface area contributed by atoms with Crippen molar-refractivity contribution in [3.8, 4) is 0 Å². The normalized spacial score (nSPS) is 11.5. The van der Waals surface area contributed by atoms with Gasteiger partial charge in [-0.1, -0.05) is 31.2 Å². The van der Waals surface area contributed by atoms with Gasteiger partial charge in [0, 0.05) is 31.1 Å². The van der Waals surface area contributed by atoms with Crippen molar-refractivity contribution in [1.29, 1.82) is 0 Å². The maximum absolute atomic E-state index is 12.9. The van der Waals surface area contributed by atoms with Gasteiger partial charge in [0.2, 0.25) is 0 Å². The zero-order valence-electron chi connectivity index (χ0n) is 19.2. The molecule has 34 heavy (non-hydrogen) atoms. The molecule has 0 bridgehead atoms. The van der Waals surface area contributed by atoms with E-state index < -0.39 is 6.09 Å². The van der Waals surface area contributed by atoms with Crippen LogP contribution in [0.1, 0.15) is 47.3 Å². The van der Waals surface area contributed by atoms with Crippen LogP contribution in [0.25, 0.3) is 0 Å². The lowest BCUT2D eigenvalue weighted by atomic mass is 10.0. The molecule has 0 radical (unpaired) electrons. The average molecular weight is 463 g/mol. The van der Waals surface area contributed by atoms with Crippen LogP contribution < -0.4 is 11.1 Å². The number of aromatic nitrogens is 1. The highest BCUT2D eigenvalue weighted by atomic mass is 16.6. The molecule has 3 rings (SSSR count). The Balaban J connectivity index is 1.72. The first kappa shape index (κ1) is 24.7. The van der Waals surface area contributed by atoms with Crippen LogP contribution in [-0.2, 0) is 11.3 Å². The first-order valence-electron chi connectivity index (χ1n) is 11.2. The van der Waals surface area contributed by atoms with Crippen LogP contribution >= 0.6 is 0 Å². The van der Waals surface area contributed by atoms with Gasteiger partial charge in [0.05, 0.1) is 17.4 Å². The molecule has 0 aliphatic rings. The van der Waals surface area contributed by atoms with Gasteiger partial charge < -0.3 is 25.8 Å². The number of anilines is 2. The molecule has 2 aromatic carbocycles. The van der Waals surface area contributed by atoms with Crippen LogP contribution in [0, 0.1) is 0 Å². The number of nitrogen functional groups attached to an aromatic ring is 1. The highest BCUT2D eigenvalue weighted by Crippen LogP contribution is 2.26. The molecule has 0 saturated carbocycles. The van der Waals surface area contributed by atoms with Crippen LogP contribution in [0.3, 0.4) is 0 Å². The van der Waals surface area contributed by atoms with Crippen LogP contribution in [0.4, 0.5) is 16.2 Å². The van der Waals surface area contributed by atoms with Crippen molar-refractivity contribution >= 4 is 23.4 Å². The number of nitrogens with two attached hydrogens (primary N) is 1. The fourth-order valence-corrected chi connectivity index (χ4v) is 3.62. The van der Waals surface area contributed by atoms with E-state index in [0.717, 1.165) is 11.1 Å². The third kappa shape index (κ3) is 6.55. The van der Waals surface area contributed by atoms with E-state index in [0.29, 0.717) is 36.3 Å². The molecule has 0 saturated heterocycles. The molecule has 1 atom stereocenters. The van der Waals surface area contributed by atoms with Crippen LogP contribution in [0.5, 0.6) is 0 Å². The Hall–Kier alpha value is -3.91. The number of carbonyl (C=O) groups excluding carboxylic acids is 2. The van der Waals surface area contributed by atoms with E-state index >= 15 is 0 Å². The van der Waals surface area contributed by atoms with E-state index in [1.807, 2.05) is 19.1 Å². The van der Waals surface area contributed by atoms with Gasteiger partial charge in [0.1, 0.15) is 6.61 Å². The first-order chi connectivity index (χ1) is 16.5. The van der Waals surface area contributed by atoms with E-state index in [9.17, 15) is 14.7 Å². The Morgan fingerprint density at radius 3 is 2.44 bits per heavy atom. The summed E-state index contributed by atoms with van der Waals surface area (Å²) in [5, 5.41) is 12.1. The monoisotopic (exact) mass is 462 g/mol. The second-order valence-electron chi connectivity index (χ2n) is 7.77. The Morgan fingerprint density at radius 2 is 1.79 bits per heavy atom. The molecule has 8 heteroatoms. The quantitative estimate of drug-likeness (QED) is 0.385. The summed E-state index contributed by atoms with van der Waals surface area (Å²) in [4.78, 5) is 31.2. The summed E-state index contributed by atoms with van der Waals surface area (Å²) in [6, 6.07) is 17.5. The molecule has 178 valence electrons. The van der Waals surface area contributed by atoms with Gasteiger partial charge >= 0.3 is 6.09 Å². The molecular weight excluding hydrogens is 432 g/mol. The fourth-order valence-electron chi connectivity index (χ4n) is 3.62. The number of hydrogen-bond donors (Lipinski definition) is 3. The molecule has 0 unspecified atom stereocenters. The highest BCUT2D eigenvalue weighted by molar-refractivity contribution is 6.05. The molecular formula is C26H30N4O4. The Kier molecular flexibility index (Phi) is 8.99. The second kappa shape index (κ2) is 12.4. The lowest BCUT2D eigenvalue weighted by Crippen LogP contribution is -2.36. The zero-order chi connectivity index (χ0) is 24.3. The number of ether oxygens (including phenoxy) is 1. The largest absolute Gasteiger partial charge is 0.445 e. The van der Waals surface area contributed by atoms with E-state index in [1.54, 1.807) is 65.8 Å². The SMILES string of the molecule is CC[C@@H](c1ccc(C(=O)Nc2ccccc2N)cc1)N(CCCO)C(=O)OCc1ccncc1. The van der Waals surface area contributed by atoms with Crippen molar-refractivity contribution in [3.63, 3.8) is 0 Å². The minimum Gasteiger partial charge on any atom is -0.445 e. The number of hydrogen-bond acceptors (Lipinski definition) is 6. The number of aliphatic hydroxyl groups is 1. The van der Waals surface area contributed by atoms with Gasteiger partial charge in [-0.3, -0.25) is 9.78 Å². The smallest absolute Gasteiger partial charge is 0.410 e. The highest BCUT2D eigenvalue weighted by Gasteiger charge is 2.25. The number of carbonyl (C=O) groups is 2. The number of amides is 2. The van der Waals surface area contributed by atoms with Crippen molar-refractivity contribution in [2.75, 3.05) is 24.2 Å². The topological polar surface area (TPSA) is 118 Å². The number of rotatable bonds is 10. The number of benzene rings is 2. The minimum absolute atomic E-state index is 0.0354. The summed E-state index contributed by atoms with van der Waals surface area (Å²) in [6.07, 6.45) is 3.90. The third-order valence-corrected chi connectivity index (χ3v) is 5.43. The molecule has 4 N–H and O–H groups in total. The van der Waals surface area contributed by atoms with Crippen LogP contribution in [-0.4, -0.2) is 40.1 Å². The van der Waals surface area contributed by atoms with Gasteiger partial charge in [0.25, 0.3) is 5.91 Å². The van der Waals surface area contributed by atoms with E-state index in [1.165, 1.54) is 0 Å². The van der Waals surface area contributed by atoms with E-state index in [-0.39, 0.29) is 25.2 Å². The van der Waals surface area contributed by atoms with Crippen molar-refractivity contribution in [1.82, 2.24) is 9.88 Å². The van der Waals surface area contributed by atoms with E-state index in [2.05, 4.69) is 10.3 Å². The van der Waals surface area contributed by atoms with Gasteiger partial charge in [-0.15, -0.1) is 0 Å². The van der Waals surface area contributed by atoms with Crippen molar-refractivity contribution in [2.45, 2.75) is 32.4 Å². The maximum atomic E-state index is 12.9. The van der Waals surface area contributed by atoms with Crippen molar-refractivity contribution in [3.05, 3.63) is 89.7 Å². The van der Waals surface area contributed by atoms with E-state index in [4.69, 9.17) is 10.5 Å². The average Bonchev–Trinajstić information content (AvgIpc) is 2.87. The Morgan fingerprint density at radius 1 is 1.09 bits per heavy atom. The minimum atomic E-state index is -0.460. The lowest BCUT2D eigenvalue weighted by molar-refractivity contribution is 0.0759. The molecule has 1 aromatic heterocycles. The van der Waals surface area contributed by atoms with Gasteiger partial charge in [-0.05, 0) is 60.4 Å². The summed E-state index contributed by atoms with van der Waals surface area (Å²) in [5.74, 6) is -0.272. The maximum Gasteiger partial charge on any atom is 0.410 e. The first-order valence-corrected chi connectivity index (χ1v) is 11.2. The molecule has 0 aliphatic heterocycles. The number of nitrogens with zero attached hydrogens (tertiary/aromatic N) is 2. The number of nitrogens with one attached hydrogen (secondary N) is 1. The summed E-state index contributed by atoms with van der Waals surface area (Å²) in [6.45, 7) is 2.42. The van der Waals surface area contributed by atoms with Gasteiger partial charge in [-0.25, -0.2) is 4.79 Å². The molecule has 8 nitrogen and oxygen atoms in total.